The first-order valence-corrected chi connectivity index (χ1v) is 7.54. The monoisotopic (exact) mass is 257 g/mol. The van der Waals surface area contributed by atoms with Crippen molar-refractivity contribution >= 4 is 10.0 Å². The Labute approximate surface area is 102 Å². The van der Waals surface area contributed by atoms with E-state index in [0.29, 0.717) is 18.4 Å². The molecule has 1 fully saturated rings. The van der Waals surface area contributed by atoms with Gasteiger partial charge in [-0.05, 0) is 24.7 Å². The third-order valence-electron chi connectivity index (χ3n) is 3.37. The quantitative estimate of drug-likeness (QED) is 0.858. The molecule has 2 unspecified atom stereocenters. The van der Waals surface area contributed by atoms with Crippen LogP contribution in [0, 0.1) is 11.8 Å². The molecule has 0 bridgehead atoms. The van der Waals surface area contributed by atoms with Gasteiger partial charge in [0.1, 0.15) is 0 Å². The molecule has 1 heterocycles. The molecule has 0 amide bonds. The fourth-order valence-electron chi connectivity index (χ4n) is 2.44. The van der Waals surface area contributed by atoms with Crippen LogP contribution in [0.2, 0.25) is 0 Å². The lowest BCUT2D eigenvalue weighted by Gasteiger charge is -2.26. The van der Waals surface area contributed by atoms with Gasteiger partial charge in [-0.15, -0.1) is 0 Å². The Morgan fingerprint density at radius 3 is 3.00 bits per heavy atom. The minimum atomic E-state index is -3.40. The average molecular weight is 257 g/mol. The van der Waals surface area contributed by atoms with Crippen LogP contribution < -0.4 is 4.72 Å². The molecule has 2 rings (SSSR count). The van der Waals surface area contributed by atoms with Crippen molar-refractivity contribution in [2.75, 3.05) is 6.54 Å². The molecule has 0 aromatic carbocycles. The topological polar surface area (TPSA) is 74.8 Å². The highest BCUT2D eigenvalue weighted by Crippen LogP contribution is 2.28. The van der Waals surface area contributed by atoms with Gasteiger partial charge in [0.2, 0.25) is 0 Å². The summed E-state index contributed by atoms with van der Waals surface area (Å²) in [6, 6.07) is 0. The van der Waals surface area contributed by atoms with Crippen molar-refractivity contribution in [2.45, 2.75) is 37.6 Å². The second kappa shape index (κ2) is 5.18. The fraction of sp³-hybridized carbons (Fsp3) is 0.727. The molecule has 1 aliphatic carbocycles. The van der Waals surface area contributed by atoms with Crippen molar-refractivity contribution in [1.29, 1.82) is 0 Å². The van der Waals surface area contributed by atoms with Crippen LogP contribution in [0.1, 0.15) is 32.6 Å². The minimum absolute atomic E-state index is 0.140. The molecule has 6 heteroatoms. The van der Waals surface area contributed by atoms with E-state index < -0.39 is 10.0 Å². The number of rotatable bonds is 4. The molecule has 96 valence electrons. The van der Waals surface area contributed by atoms with Crippen LogP contribution in [0.3, 0.4) is 0 Å². The molecule has 0 spiro atoms. The summed E-state index contributed by atoms with van der Waals surface area (Å²) >= 11 is 0. The van der Waals surface area contributed by atoms with Crippen molar-refractivity contribution in [1.82, 2.24) is 14.7 Å². The molecule has 1 aromatic rings. The number of hydrogen-bond donors (Lipinski definition) is 2. The first kappa shape index (κ1) is 12.6. The third kappa shape index (κ3) is 3.29. The molecular weight excluding hydrogens is 238 g/mol. The zero-order chi connectivity index (χ0) is 12.3. The summed E-state index contributed by atoms with van der Waals surface area (Å²) in [5.41, 5.74) is 0. The maximum atomic E-state index is 11.8. The zero-order valence-corrected chi connectivity index (χ0v) is 10.8. The normalized spacial score (nSPS) is 25.9. The van der Waals surface area contributed by atoms with Crippen molar-refractivity contribution in [3.05, 3.63) is 12.5 Å². The van der Waals surface area contributed by atoms with Gasteiger partial charge in [-0.2, -0.15) is 0 Å². The Morgan fingerprint density at radius 1 is 1.53 bits per heavy atom. The summed E-state index contributed by atoms with van der Waals surface area (Å²) < 4.78 is 26.3. The van der Waals surface area contributed by atoms with E-state index in [2.05, 4.69) is 21.6 Å². The SMILES string of the molecule is CC1CCCC(CNS(=O)(=O)c2cnc[nH]2)C1. The van der Waals surface area contributed by atoms with Crippen LogP contribution in [-0.2, 0) is 10.0 Å². The summed E-state index contributed by atoms with van der Waals surface area (Å²) in [7, 11) is -3.40. The number of hydrogen-bond acceptors (Lipinski definition) is 3. The molecule has 5 nitrogen and oxygen atoms in total. The smallest absolute Gasteiger partial charge is 0.257 e. The second-order valence-electron chi connectivity index (χ2n) is 4.91. The highest BCUT2D eigenvalue weighted by Gasteiger charge is 2.22. The zero-order valence-electron chi connectivity index (χ0n) is 10.0. The van der Waals surface area contributed by atoms with Gasteiger partial charge >= 0.3 is 0 Å². The van der Waals surface area contributed by atoms with Crippen LogP contribution in [0.5, 0.6) is 0 Å². The van der Waals surface area contributed by atoms with E-state index in [1.54, 1.807) is 0 Å². The Morgan fingerprint density at radius 2 is 2.35 bits per heavy atom. The maximum absolute atomic E-state index is 11.8. The van der Waals surface area contributed by atoms with Crippen molar-refractivity contribution < 1.29 is 8.42 Å². The van der Waals surface area contributed by atoms with Gasteiger partial charge in [0.05, 0.1) is 12.5 Å². The fourth-order valence-corrected chi connectivity index (χ4v) is 3.46. The largest absolute Gasteiger partial charge is 0.335 e. The van der Waals surface area contributed by atoms with Crippen LogP contribution in [0.25, 0.3) is 0 Å². The first-order chi connectivity index (χ1) is 8.08. The van der Waals surface area contributed by atoms with Crippen molar-refractivity contribution in [3.63, 3.8) is 0 Å². The number of nitrogens with zero attached hydrogens (tertiary/aromatic N) is 1. The van der Waals surface area contributed by atoms with Gasteiger partial charge in [0.25, 0.3) is 10.0 Å². The highest BCUT2D eigenvalue weighted by atomic mass is 32.2. The lowest BCUT2D eigenvalue weighted by Crippen LogP contribution is -2.31. The van der Waals surface area contributed by atoms with E-state index in [4.69, 9.17) is 0 Å². The number of H-pyrrole nitrogens is 1. The molecule has 0 saturated heterocycles. The maximum Gasteiger partial charge on any atom is 0.257 e. The molecule has 0 radical (unpaired) electrons. The standard InChI is InChI=1S/C11H19N3O2S/c1-9-3-2-4-10(5-9)6-14-17(15,16)11-7-12-8-13-11/h7-10,14H,2-6H2,1H3,(H,12,13). The molecule has 1 aromatic heterocycles. The summed E-state index contributed by atoms with van der Waals surface area (Å²) in [6.07, 6.45) is 7.41. The Bertz CT molecular complexity index is 441. The van der Waals surface area contributed by atoms with Crippen LogP contribution in [0.15, 0.2) is 17.6 Å². The molecule has 2 N–H and O–H groups in total. The lowest BCUT2D eigenvalue weighted by atomic mass is 9.83. The second-order valence-corrected chi connectivity index (χ2v) is 6.64. The predicted molar refractivity (Wildman–Crippen MR) is 64.9 cm³/mol. The number of aromatic nitrogens is 2. The number of imidazole rings is 1. The van der Waals surface area contributed by atoms with Crippen LogP contribution >= 0.6 is 0 Å². The Balaban J connectivity index is 1.89. The van der Waals surface area contributed by atoms with E-state index in [1.807, 2.05) is 0 Å². The summed E-state index contributed by atoms with van der Waals surface area (Å²) in [4.78, 5) is 6.33. The van der Waals surface area contributed by atoms with Crippen LogP contribution in [0.4, 0.5) is 0 Å². The highest BCUT2D eigenvalue weighted by molar-refractivity contribution is 7.89. The molecular formula is C11H19N3O2S. The Kier molecular flexibility index (Phi) is 3.83. The van der Waals surface area contributed by atoms with Gasteiger partial charge in [0.15, 0.2) is 5.03 Å². The molecule has 1 saturated carbocycles. The summed E-state index contributed by atoms with van der Waals surface area (Å²) in [6.45, 7) is 2.77. The van der Waals surface area contributed by atoms with E-state index in [1.165, 1.54) is 25.4 Å². The number of aromatic amines is 1. The van der Waals surface area contributed by atoms with Gasteiger partial charge in [0, 0.05) is 6.54 Å². The van der Waals surface area contributed by atoms with E-state index in [-0.39, 0.29) is 5.03 Å². The lowest BCUT2D eigenvalue weighted by molar-refractivity contribution is 0.283. The molecule has 2 atom stereocenters. The van der Waals surface area contributed by atoms with Gasteiger partial charge in [-0.25, -0.2) is 18.1 Å². The minimum Gasteiger partial charge on any atom is -0.335 e. The van der Waals surface area contributed by atoms with Gasteiger partial charge in [-0.3, -0.25) is 0 Å². The molecule has 1 aliphatic rings. The van der Waals surface area contributed by atoms with Crippen molar-refractivity contribution in [3.8, 4) is 0 Å². The van der Waals surface area contributed by atoms with Gasteiger partial charge in [-0.1, -0.05) is 19.8 Å². The van der Waals surface area contributed by atoms with Crippen LogP contribution in [-0.4, -0.2) is 24.9 Å². The summed E-state index contributed by atoms with van der Waals surface area (Å²) in [5, 5.41) is 0.140. The van der Waals surface area contributed by atoms with E-state index >= 15 is 0 Å². The van der Waals surface area contributed by atoms with E-state index in [9.17, 15) is 8.42 Å². The first-order valence-electron chi connectivity index (χ1n) is 6.06. The van der Waals surface area contributed by atoms with Gasteiger partial charge < -0.3 is 4.98 Å². The Hall–Kier alpha value is -0.880. The average Bonchev–Trinajstić information content (AvgIpc) is 2.81. The summed E-state index contributed by atoms with van der Waals surface area (Å²) in [5.74, 6) is 1.18. The predicted octanol–water partition coefficient (Wildman–Crippen LogP) is 1.51. The number of nitrogens with one attached hydrogen (secondary N) is 2. The third-order valence-corrected chi connectivity index (χ3v) is 4.72. The molecule has 17 heavy (non-hydrogen) atoms. The number of sulfonamides is 1. The van der Waals surface area contributed by atoms with Crippen molar-refractivity contribution in [2.24, 2.45) is 11.8 Å². The molecule has 0 aliphatic heterocycles. The van der Waals surface area contributed by atoms with E-state index in [0.717, 1.165) is 12.8 Å².